The van der Waals surface area contributed by atoms with E-state index in [1.165, 1.54) is 95.2 Å². The van der Waals surface area contributed by atoms with Gasteiger partial charge < -0.3 is 26.6 Å². The van der Waals surface area contributed by atoms with E-state index in [9.17, 15) is 0 Å². The van der Waals surface area contributed by atoms with Crippen molar-refractivity contribution in [2.45, 2.75) is 120 Å². The zero-order chi connectivity index (χ0) is 26.2. The second-order valence-corrected chi connectivity index (χ2v) is 22.6. The Balaban J connectivity index is 4.31. The summed E-state index contributed by atoms with van der Waals surface area (Å²) in [6.45, 7) is 2.70. The molecular formula is C25H60O6Si4. The lowest BCUT2D eigenvalue weighted by Gasteiger charge is -2.28. The van der Waals surface area contributed by atoms with Gasteiger partial charge in [-0.25, -0.2) is 0 Å². The predicted octanol–water partition coefficient (Wildman–Crippen LogP) is 6.29. The second-order valence-electron chi connectivity index (χ2n) is 10.4. The maximum absolute atomic E-state index is 5.46. The summed E-state index contributed by atoms with van der Waals surface area (Å²) in [7, 11) is 5.50. The molecule has 0 aromatic rings. The van der Waals surface area contributed by atoms with Gasteiger partial charge in [-0.05, 0) is 18.1 Å². The van der Waals surface area contributed by atoms with Crippen LogP contribution in [0.5, 0.6) is 0 Å². The highest BCUT2D eigenvalue weighted by molar-refractivity contribution is 6.78. The van der Waals surface area contributed by atoms with Crippen LogP contribution in [0.25, 0.3) is 0 Å². The Kier molecular flexibility index (Phi) is 25.4. The third kappa shape index (κ3) is 20.3. The zero-order valence-corrected chi connectivity index (χ0v) is 28.9. The summed E-state index contributed by atoms with van der Waals surface area (Å²) in [6, 6.07) is 7.96. The van der Waals surface area contributed by atoms with Crippen molar-refractivity contribution in [1.29, 1.82) is 0 Å². The highest BCUT2D eigenvalue weighted by Gasteiger charge is 2.25. The minimum atomic E-state index is -1.37. The molecule has 0 radical (unpaired) electrons. The Bertz CT molecular complexity index is 378. The summed E-state index contributed by atoms with van der Waals surface area (Å²) in [5, 5.41) is 0. The smallest absolute Gasteiger partial charge is 0.320 e. The molecule has 0 aliphatic heterocycles. The first-order valence-electron chi connectivity index (χ1n) is 14.1. The van der Waals surface area contributed by atoms with Crippen molar-refractivity contribution < 1.29 is 26.6 Å². The molecule has 0 aromatic carbocycles. The van der Waals surface area contributed by atoms with Crippen LogP contribution in [0.4, 0.5) is 0 Å². The van der Waals surface area contributed by atoms with Crippen molar-refractivity contribution in [3.05, 3.63) is 0 Å². The molecule has 0 atom stereocenters. The van der Waals surface area contributed by atoms with Gasteiger partial charge >= 0.3 is 27.9 Å². The summed E-state index contributed by atoms with van der Waals surface area (Å²) >= 11 is 0. The summed E-state index contributed by atoms with van der Waals surface area (Å²) in [5.41, 5.74) is 0. The second kappa shape index (κ2) is 24.9. The van der Waals surface area contributed by atoms with Gasteiger partial charge in [-0.2, -0.15) is 0 Å². The molecule has 0 rings (SSSR count). The lowest BCUT2D eigenvalue weighted by molar-refractivity contribution is 0.276. The molecule has 0 amide bonds. The Morgan fingerprint density at radius 3 is 0.829 bits per heavy atom. The fraction of sp³-hybridized carbons (Fsp3) is 1.00. The van der Waals surface area contributed by atoms with E-state index in [4.69, 9.17) is 26.6 Å². The summed E-state index contributed by atoms with van der Waals surface area (Å²) in [4.78, 5) is 0. The molecule has 0 heterocycles. The van der Waals surface area contributed by atoms with Crippen LogP contribution in [0.3, 0.4) is 0 Å². The summed E-state index contributed by atoms with van der Waals surface area (Å²) < 4.78 is 32.7. The first kappa shape index (κ1) is 35.6. The fourth-order valence-corrected chi connectivity index (χ4v) is 12.9. The van der Waals surface area contributed by atoms with Crippen molar-refractivity contribution in [3.8, 4) is 0 Å². The molecule has 0 N–H and O–H groups in total. The fourth-order valence-electron chi connectivity index (χ4n) is 5.02. The minimum absolute atomic E-state index is 1.15. The van der Waals surface area contributed by atoms with Crippen LogP contribution in [0.1, 0.15) is 77.0 Å². The standard InChI is InChI=1S/C25H60O6Si4/c1-26-32(27-2)20-14-8-11-17-23-35(7,24-18-12-9-15-21-33(28-3)29-4)25-19-13-10-16-22-34(30-5)31-6/h32-34H,8-25H2,1-7H3. The molecule has 0 aliphatic rings. The van der Waals surface area contributed by atoms with Crippen LogP contribution >= 0.6 is 0 Å². The van der Waals surface area contributed by atoms with Gasteiger partial charge in [0, 0.05) is 42.7 Å². The third-order valence-corrected chi connectivity index (χ3v) is 18.0. The highest BCUT2D eigenvalue weighted by Crippen LogP contribution is 2.30. The van der Waals surface area contributed by atoms with Gasteiger partial charge in [0.05, 0.1) is 8.07 Å². The summed E-state index contributed by atoms with van der Waals surface area (Å²) in [5.74, 6) is 0. The molecule has 0 aromatic heterocycles. The Morgan fingerprint density at radius 1 is 0.371 bits per heavy atom. The SMILES string of the molecule is CO[SiH](CCCCCC[Si](C)(CCCCCC[SiH](OC)OC)CCCCCC[SiH](OC)OC)OC. The van der Waals surface area contributed by atoms with Gasteiger partial charge in [0.25, 0.3) is 0 Å². The molecule has 10 heteroatoms. The Morgan fingerprint density at radius 2 is 0.600 bits per heavy atom. The largest absolute Gasteiger partial charge is 0.400 e. The van der Waals surface area contributed by atoms with Gasteiger partial charge in [0.1, 0.15) is 0 Å². The number of hydrogen-bond donors (Lipinski definition) is 0. The van der Waals surface area contributed by atoms with Crippen LogP contribution in [0.2, 0.25) is 42.8 Å². The molecule has 0 saturated carbocycles. The van der Waals surface area contributed by atoms with Crippen molar-refractivity contribution >= 4 is 35.9 Å². The van der Waals surface area contributed by atoms with E-state index in [-0.39, 0.29) is 0 Å². The highest BCUT2D eigenvalue weighted by atomic mass is 28.3. The lowest BCUT2D eigenvalue weighted by atomic mass is 10.2. The van der Waals surface area contributed by atoms with Crippen LogP contribution in [0, 0.1) is 0 Å². The van der Waals surface area contributed by atoms with Crippen LogP contribution in [-0.2, 0) is 26.6 Å². The first-order chi connectivity index (χ1) is 17.0. The average Bonchev–Trinajstić information content (AvgIpc) is 2.87. The summed E-state index contributed by atoms with van der Waals surface area (Å²) in [6.07, 6.45) is 16.1. The maximum atomic E-state index is 5.46. The van der Waals surface area contributed by atoms with E-state index < -0.39 is 35.9 Å². The van der Waals surface area contributed by atoms with Gasteiger partial charge in [-0.3, -0.25) is 0 Å². The molecule has 0 fully saturated rings. The van der Waals surface area contributed by atoms with E-state index >= 15 is 0 Å². The van der Waals surface area contributed by atoms with Gasteiger partial charge in [0.15, 0.2) is 0 Å². The van der Waals surface area contributed by atoms with Crippen molar-refractivity contribution in [2.75, 3.05) is 42.7 Å². The van der Waals surface area contributed by atoms with Crippen LogP contribution in [0.15, 0.2) is 0 Å². The molecule has 35 heavy (non-hydrogen) atoms. The maximum Gasteiger partial charge on any atom is 0.320 e. The Labute approximate surface area is 224 Å². The van der Waals surface area contributed by atoms with Crippen molar-refractivity contribution in [2.24, 2.45) is 0 Å². The van der Waals surface area contributed by atoms with E-state index in [0.717, 1.165) is 18.1 Å². The normalized spacial score (nSPS) is 12.5. The lowest BCUT2D eigenvalue weighted by Crippen LogP contribution is -2.29. The molecule has 212 valence electrons. The predicted molar refractivity (Wildman–Crippen MR) is 159 cm³/mol. The molecule has 0 aliphatic carbocycles. The van der Waals surface area contributed by atoms with E-state index in [1.807, 2.05) is 0 Å². The van der Waals surface area contributed by atoms with Crippen LogP contribution in [-0.4, -0.2) is 78.6 Å². The molecule has 0 saturated heterocycles. The van der Waals surface area contributed by atoms with Crippen molar-refractivity contribution in [1.82, 2.24) is 0 Å². The van der Waals surface area contributed by atoms with Gasteiger partial charge in [-0.1, -0.05) is 102 Å². The quantitative estimate of drug-likeness (QED) is 0.0858. The minimum Gasteiger partial charge on any atom is -0.400 e. The van der Waals surface area contributed by atoms with Crippen LogP contribution < -0.4 is 0 Å². The molecule has 0 bridgehead atoms. The number of hydrogen-bond acceptors (Lipinski definition) is 6. The zero-order valence-electron chi connectivity index (χ0n) is 24.4. The topological polar surface area (TPSA) is 55.4 Å². The van der Waals surface area contributed by atoms with E-state index in [2.05, 4.69) is 6.55 Å². The number of rotatable bonds is 27. The Hall–Kier alpha value is 0.628. The molecule has 0 spiro atoms. The third-order valence-electron chi connectivity index (χ3n) is 7.49. The molecule has 0 unspecified atom stereocenters. The van der Waals surface area contributed by atoms with Gasteiger partial charge in [0.2, 0.25) is 0 Å². The monoisotopic (exact) mass is 568 g/mol. The van der Waals surface area contributed by atoms with E-state index in [1.54, 1.807) is 42.7 Å². The molecular weight excluding hydrogens is 509 g/mol. The molecule has 6 nitrogen and oxygen atoms in total. The van der Waals surface area contributed by atoms with Gasteiger partial charge in [-0.15, -0.1) is 0 Å². The van der Waals surface area contributed by atoms with E-state index in [0.29, 0.717) is 0 Å². The number of unbranched alkanes of at least 4 members (excludes halogenated alkanes) is 9. The first-order valence-corrected chi connectivity index (χ1v) is 22.5. The average molecular weight is 569 g/mol. The van der Waals surface area contributed by atoms with Crippen molar-refractivity contribution in [3.63, 3.8) is 0 Å².